The van der Waals surface area contributed by atoms with E-state index in [1.165, 1.54) is 96.3 Å². The molecule has 0 bridgehead atoms. The van der Waals surface area contributed by atoms with Gasteiger partial charge in [0.15, 0.2) is 0 Å². The number of rotatable bonds is 3. The molecule has 2 unspecified atom stereocenters. The third-order valence-electron chi connectivity index (χ3n) is 11.2. The summed E-state index contributed by atoms with van der Waals surface area (Å²) in [6.07, 6.45) is 9.35. The van der Waals surface area contributed by atoms with Crippen molar-refractivity contribution in [2.45, 2.75) is 0 Å². The van der Waals surface area contributed by atoms with Crippen molar-refractivity contribution in [1.29, 1.82) is 0 Å². The summed E-state index contributed by atoms with van der Waals surface area (Å²) in [7, 11) is 0. The van der Waals surface area contributed by atoms with Gasteiger partial charge in [-0.1, -0.05) is 152 Å². The van der Waals surface area contributed by atoms with E-state index in [-0.39, 0.29) is 11.8 Å². The van der Waals surface area contributed by atoms with Gasteiger partial charge in [-0.15, -0.1) is 11.3 Å². The van der Waals surface area contributed by atoms with Crippen LogP contribution in [0.2, 0.25) is 0 Å². The van der Waals surface area contributed by atoms with E-state index in [9.17, 15) is 0 Å². The molecule has 0 N–H and O–H groups in total. The lowest BCUT2D eigenvalue weighted by atomic mass is 9.69. The number of benzene rings is 8. The number of thiophene rings is 1. The Hall–Kier alpha value is -6.02. The molecule has 0 saturated heterocycles. The first kappa shape index (κ1) is 28.8. The predicted octanol–water partition coefficient (Wildman–Crippen LogP) is 12.0. The summed E-state index contributed by atoms with van der Waals surface area (Å²) in [5, 5.41) is 13.0. The molecule has 1 heterocycles. The predicted molar refractivity (Wildman–Crippen MR) is 220 cm³/mol. The number of allylic oxidation sites excluding steroid dienone is 4. The van der Waals surface area contributed by atoms with Gasteiger partial charge in [0.2, 0.25) is 0 Å². The Labute approximate surface area is 300 Å². The van der Waals surface area contributed by atoms with Gasteiger partial charge in [0.25, 0.3) is 0 Å². The fourth-order valence-electron chi connectivity index (χ4n) is 8.88. The van der Waals surface area contributed by atoms with Gasteiger partial charge in [-0.2, -0.15) is 0 Å². The van der Waals surface area contributed by atoms with E-state index in [4.69, 9.17) is 0 Å². The van der Waals surface area contributed by atoms with Crippen LogP contribution in [0.15, 0.2) is 182 Å². The zero-order valence-electron chi connectivity index (χ0n) is 27.9. The molecule has 1 heteroatoms. The topological polar surface area (TPSA) is 0 Å². The van der Waals surface area contributed by atoms with Crippen LogP contribution in [0.1, 0.15) is 11.1 Å². The minimum Gasteiger partial charge on any atom is -0.135 e. The SMILES string of the molecule is C1=CC2C(c3ccc4ccccc4c3)=c3ccc(-c4cc5c6ccccc6sc5c5ccccc45)cc3=C(c3ccc4ccccc4c3)C2C=C1. The van der Waals surface area contributed by atoms with Crippen molar-refractivity contribution in [3.63, 3.8) is 0 Å². The highest BCUT2D eigenvalue weighted by Crippen LogP contribution is 2.44. The van der Waals surface area contributed by atoms with E-state index >= 15 is 0 Å². The van der Waals surface area contributed by atoms with Crippen molar-refractivity contribution < 1.29 is 0 Å². The zero-order valence-corrected chi connectivity index (χ0v) is 28.7. The first-order chi connectivity index (χ1) is 25.3. The van der Waals surface area contributed by atoms with E-state index in [0.717, 1.165) is 0 Å². The highest BCUT2D eigenvalue weighted by molar-refractivity contribution is 7.26. The van der Waals surface area contributed by atoms with Crippen molar-refractivity contribution in [1.82, 2.24) is 0 Å². The fourth-order valence-corrected chi connectivity index (χ4v) is 10.1. The second-order valence-electron chi connectivity index (χ2n) is 14.0. The molecular weight excluding hydrogens is 633 g/mol. The molecular formula is C50H32S. The fraction of sp³-hybridized carbons (Fsp3) is 0.0400. The molecule has 0 spiro atoms. The maximum Gasteiger partial charge on any atom is 0.0434 e. The first-order valence-electron chi connectivity index (χ1n) is 17.8. The van der Waals surface area contributed by atoms with Crippen LogP contribution >= 0.6 is 11.3 Å². The first-order valence-corrected chi connectivity index (χ1v) is 18.7. The summed E-state index contributed by atoms with van der Waals surface area (Å²) >= 11 is 1.91. The lowest BCUT2D eigenvalue weighted by molar-refractivity contribution is 0.686. The van der Waals surface area contributed by atoms with E-state index in [2.05, 4.69) is 182 Å². The third-order valence-corrected chi connectivity index (χ3v) is 12.4. The van der Waals surface area contributed by atoms with Crippen LogP contribution in [-0.4, -0.2) is 0 Å². The van der Waals surface area contributed by atoms with Gasteiger partial charge in [0, 0.05) is 37.4 Å². The van der Waals surface area contributed by atoms with Crippen LogP contribution in [0.4, 0.5) is 0 Å². The Bertz CT molecular complexity index is 3100. The molecule has 9 aromatic rings. The standard InChI is InChI=1S/C50H32S/c1-3-13-33-27-36(23-21-31(33)11-1)48-40-17-6-7-18-41(40)49(37-24-22-32-12-2-4-14-34(32)28-37)45-29-35(25-26-42(45)48)44-30-46-39-16-9-10-20-47(39)51-50(46)43-19-8-5-15-38(43)44/h1-30,40-41H. The lowest BCUT2D eigenvalue weighted by Crippen LogP contribution is -2.40. The van der Waals surface area contributed by atoms with Gasteiger partial charge in [-0.25, -0.2) is 0 Å². The molecule has 2 atom stereocenters. The number of fused-ring (bicyclic) bond motifs is 9. The zero-order chi connectivity index (χ0) is 33.5. The van der Waals surface area contributed by atoms with Gasteiger partial charge < -0.3 is 0 Å². The maximum absolute atomic E-state index is 2.51. The van der Waals surface area contributed by atoms with Gasteiger partial charge in [0.05, 0.1) is 0 Å². The molecule has 2 aliphatic rings. The quantitative estimate of drug-likeness (QED) is 0.176. The summed E-state index contributed by atoms with van der Waals surface area (Å²) in [5.74, 6) is 0.436. The number of hydrogen-bond acceptors (Lipinski definition) is 1. The molecule has 0 fully saturated rings. The average Bonchev–Trinajstić information content (AvgIpc) is 3.58. The smallest absolute Gasteiger partial charge is 0.0434 e. The largest absolute Gasteiger partial charge is 0.135 e. The molecule has 0 aliphatic heterocycles. The Kier molecular flexibility index (Phi) is 6.35. The van der Waals surface area contributed by atoms with E-state index < -0.39 is 0 Å². The van der Waals surface area contributed by atoms with Crippen molar-refractivity contribution >= 4 is 75.0 Å². The molecule has 0 nitrogen and oxygen atoms in total. The molecule has 0 amide bonds. The van der Waals surface area contributed by atoms with Gasteiger partial charge in [-0.05, 0) is 101 Å². The van der Waals surface area contributed by atoms with Crippen LogP contribution in [0, 0.1) is 11.8 Å². The van der Waals surface area contributed by atoms with E-state index in [0.29, 0.717) is 0 Å². The van der Waals surface area contributed by atoms with E-state index in [1.807, 2.05) is 11.3 Å². The van der Waals surface area contributed by atoms with Crippen LogP contribution < -0.4 is 10.4 Å². The minimum atomic E-state index is 0.209. The van der Waals surface area contributed by atoms with Gasteiger partial charge in [-0.3, -0.25) is 0 Å². The van der Waals surface area contributed by atoms with Gasteiger partial charge >= 0.3 is 0 Å². The summed E-state index contributed by atoms with van der Waals surface area (Å²) < 4.78 is 2.70. The van der Waals surface area contributed by atoms with Gasteiger partial charge in [0.1, 0.15) is 0 Å². The monoisotopic (exact) mass is 664 g/mol. The Balaban J connectivity index is 1.27. The average molecular weight is 665 g/mol. The van der Waals surface area contributed by atoms with Crippen molar-refractivity contribution in [3.8, 4) is 11.1 Å². The molecule has 1 aromatic heterocycles. The van der Waals surface area contributed by atoms with E-state index in [1.54, 1.807) is 0 Å². The summed E-state index contributed by atoms with van der Waals surface area (Å²) in [6, 6.07) is 59.1. The minimum absolute atomic E-state index is 0.209. The molecule has 51 heavy (non-hydrogen) atoms. The highest BCUT2D eigenvalue weighted by atomic mass is 32.1. The van der Waals surface area contributed by atoms with Crippen molar-refractivity contribution in [2.75, 3.05) is 0 Å². The highest BCUT2D eigenvalue weighted by Gasteiger charge is 2.32. The van der Waals surface area contributed by atoms with Crippen molar-refractivity contribution in [2.24, 2.45) is 11.8 Å². The van der Waals surface area contributed by atoms with Crippen LogP contribution in [0.5, 0.6) is 0 Å². The molecule has 0 radical (unpaired) electrons. The Morgan fingerprint density at radius 2 is 0.922 bits per heavy atom. The molecule has 238 valence electrons. The van der Waals surface area contributed by atoms with Crippen LogP contribution in [0.3, 0.4) is 0 Å². The molecule has 8 aromatic carbocycles. The maximum atomic E-state index is 2.51. The summed E-state index contributed by atoms with van der Waals surface area (Å²) in [4.78, 5) is 0. The summed E-state index contributed by atoms with van der Waals surface area (Å²) in [6.45, 7) is 0. The third kappa shape index (κ3) is 4.45. The molecule has 11 rings (SSSR count). The normalized spacial score (nSPS) is 16.8. The lowest BCUT2D eigenvalue weighted by Gasteiger charge is -2.33. The van der Waals surface area contributed by atoms with Crippen LogP contribution in [-0.2, 0) is 0 Å². The van der Waals surface area contributed by atoms with Crippen molar-refractivity contribution in [3.05, 3.63) is 204 Å². The van der Waals surface area contributed by atoms with Crippen LogP contribution in [0.25, 0.3) is 74.8 Å². The Morgan fingerprint density at radius 1 is 0.373 bits per heavy atom. The second-order valence-corrected chi connectivity index (χ2v) is 15.0. The second kappa shape index (κ2) is 11.3. The molecule has 0 saturated carbocycles. The Morgan fingerprint density at radius 3 is 1.61 bits per heavy atom. The summed E-state index contributed by atoms with van der Waals surface area (Å²) in [5.41, 5.74) is 7.94. The number of hydrogen-bond donors (Lipinski definition) is 0. The molecule has 2 aliphatic carbocycles.